The third-order valence-corrected chi connectivity index (χ3v) is 3.29. The van der Waals surface area contributed by atoms with Gasteiger partial charge in [0.25, 0.3) is 0 Å². The number of hydrogen-bond donors (Lipinski definition) is 2. The number of rotatable bonds is 6. The van der Waals surface area contributed by atoms with Crippen LogP contribution in [0.2, 0.25) is 0 Å². The quantitative estimate of drug-likeness (QED) is 0.792. The van der Waals surface area contributed by atoms with E-state index in [-0.39, 0.29) is 5.91 Å². The number of hydrogen-bond acceptors (Lipinski definition) is 4. The van der Waals surface area contributed by atoms with Crippen molar-refractivity contribution < 1.29 is 4.79 Å². The maximum Gasteiger partial charge on any atom is 0.234 e. The summed E-state index contributed by atoms with van der Waals surface area (Å²) >= 11 is 1.57. The van der Waals surface area contributed by atoms with Crippen LogP contribution in [-0.2, 0) is 11.3 Å². The number of nitrogens with one attached hydrogen (secondary N) is 2. The van der Waals surface area contributed by atoms with Gasteiger partial charge in [-0.2, -0.15) is 0 Å². The summed E-state index contributed by atoms with van der Waals surface area (Å²) in [5.41, 5.74) is 1.01. The molecule has 1 aromatic rings. The second kappa shape index (κ2) is 6.60. The zero-order valence-corrected chi connectivity index (χ0v) is 10.9. The number of carbonyl (C=O) groups excluding carboxylic acids is 1. The van der Waals surface area contributed by atoms with E-state index in [0.29, 0.717) is 19.1 Å². The van der Waals surface area contributed by atoms with E-state index in [1.807, 2.05) is 12.3 Å². The zero-order chi connectivity index (χ0) is 12.0. The number of carbonyl (C=O) groups is 1. The molecule has 5 heteroatoms. The van der Waals surface area contributed by atoms with Gasteiger partial charge in [0, 0.05) is 17.1 Å². The lowest BCUT2D eigenvalue weighted by atomic mass is 10.2. The second-order valence-corrected chi connectivity index (χ2v) is 4.79. The molecule has 0 saturated carbocycles. The first-order chi connectivity index (χ1) is 7.61. The molecule has 0 aliphatic rings. The lowest BCUT2D eigenvalue weighted by Crippen LogP contribution is -2.37. The first kappa shape index (κ1) is 13.1. The molecule has 1 heterocycles. The van der Waals surface area contributed by atoms with Crippen LogP contribution in [0.5, 0.6) is 0 Å². The van der Waals surface area contributed by atoms with Gasteiger partial charge >= 0.3 is 0 Å². The smallest absolute Gasteiger partial charge is 0.234 e. The summed E-state index contributed by atoms with van der Waals surface area (Å²) in [4.78, 5) is 15.7. The maximum atomic E-state index is 11.4. The average Bonchev–Trinajstić information content (AvgIpc) is 2.69. The Labute approximate surface area is 100 Å². The molecule has 0 spiro atoms. The standard InChI is InChI=1S/C11H19N3OS/c1-4-8(2)12-5-10(15)13-6-11-14-9(3)7-16-11/h7-8,12H,4-6H2,1-3H3,(H,13,15). The maximum absolute atomic E-state index is 11.4. The average molecular weight is 241 g/mol. The van der Waals surface area contributed by atoms with Crippen LogP contribution in [0.15, 0.2) is 5.38 Å². The summed E-state index contributed by atoms with van der Waals surface area (Å²) in [5.74, 6) is 0.0214. The van der Waals surface area contributed by atoms with Crippen molar-refractivity contribution >= 4 is 17.2 Å². The summed E-state index contributed by atoms with van der Waals surface area (Å²) in [7, 11) is 0. The minimum Gasteiger partial charge on any atom is -0.348 e. The highest BCUT2D eigenvalue weighted by atomic mass is 32.1. The van der Waals surface area contributed by atoms with E-state index in [0.717, 1.165) is 17.1 Å². The Morgan fingerprint density at radius 2 is 2.38 bits per heavy atom. The summed E-state index contributed by atoms with van der Waals surface area (Å²) in [6.45, 7) is 7.01. The summed E-state index contributed by atoms with van der Waals surface area (Å²) < 4.78 is 0. The fourth-order valence-corrected chi connectivity index (χ4v) is 1.84. The van der Waals surface area contributed by atoms with Crippen molar-refractivity contribution in [2.24, 2.45) is 0 Å². The summed E-state index contributed by atoms with van der Waals surface area (Å²) in [6.07, 6.45) is 1.03. The van der Waals surface area contributed by atoms with Crippen LogP contribution in [0, 0.1) is 6.92 Å². The van der Waals surface area contributed by atoms with Crippen molar-refractivity contribution in [2.45, 2.75) is 39.8 Å². The van der Waals surface area contributed by atoms with E-state index in [4.69, 9.17) is 0 Å². The van der Waals surface area contributed by atoms with Gasteiger partial charge in [0.15, 0.2) is 0 Å². The third kappa shape index (κ3) is 4.72. The van der Waals surface area contributed by atoms with E-state index < -0.39 is 0 Å². The highest BCUT2D eigenvalue weighted by Crippen LogP contribution is 2.07. The fraction of sp³-hybridized carbons (Fsp3) is 0.636. The lowest BCUT2D eigenvalue weighted by molar-refractivity contribution is -0.120. The van der Waals surface area contributed by atoms with Gasteiger partial charge in [0.2, 0.25) is 5.91 Å². The number of thiazole rings is 1. The van der Waals surface area contributed by atoms with E-state index in [1.54, 1.807) is 11.3 Å². The number of aryl methyl sites for hydroxylation is 1. The van der Waals surface area contributed by atoms with E-state index in [1.165, 1.54) is 0 Å². The molecule has 1 atom stereocenters. The molecule has 0 radical (unpaired) electrons. The van der Waals surface area contributed by atoms with Gasteiger partial charge in [0.05, 0.1) is 13.1 Å². The van der Waals surface area contributed by atoms with Crippen LogP contribution in [-0.4, -0.2) is 23.5 Å². The Morgan fingerprint density at radius 3 is 2.94 bits per heavy atom. The zero-order valence-electron chi connectivity index (χ0n) is 10.0. The fourth-order valence-electron chi connectivity index (χ4n) is 1.13. The number of nitrogens with zero attached hydrogens (tertiary/aromatic N) is 1. The van der Waals surface area contributed by atoms with E-state index >= 15 is 0 Å². The van der Waals surface area contributed by atoms with Crippen molar-refractivity contribution in [3.05, 3.63) is 16.1 Å². The predicted octanol–water partition coefficient (Wildman–Crippen LogP) is 1.46. The molecular weight excluding hydrogens is 222 g/mol. The van der Waals surface area contributed by atoms with Gasteiger partial charge in [-0.15, -0.1) is 11.3 Å². The highest BCUT2D eigenvalue weighted by Gasteiger charge is 2.04. The molecule has 0 bridgehead atoms. The Balaban J connectivity index is 2.20. The van der Waals surface area contributed by atoms with E-state index in [2.05, 4.69) is 29.5 Å². The Morgan fingerprint density at radius 1 is 1.62 bits per heavy atom. The highest BCUT2D eigenvalue weighted by molar-refractivity contribution is 7.09. The Hall–Kier alpha value is -0.940. The van der Waals surface area contributed by atoms with Gasteiger partial charge in [-0.3, -0.25) is 4.79 Å². The molecule has 1 amide bonds. The van der Waals surface area contributed by atoms with E-state index in [9.17, 15) is 4.79 Å². The van der Waals surface area contributed by atoms with Crippen LogP contribution >= 0.6 is 11.3 Å². The molecule has 1 aromatic heterocycles. The Bertz CT molecular complexity index is 338. The second-order valence-electron chi connectivity index (χ2n) is 3.85. The summed E-state index contributed by atoms with van der Waals surface area (Å²) in [5, 5.41) is 8.92. The molecule has 0 fully saturated rings. The molecular formula is C11H19N3OS. The van der Waals surface area contributed by atoms with Gasteiger partial charge in [-0.25, -0.2) is 4.98 Å². The van der Waals surface area contributed by atoms with Gasteiger partial charge in [-0.05, 0) is 20.3 Å². The monoisotopic (exact) mass is 241 g/mol. The van der Waals surface area contributed by atoms with Crippen molar-refractivity contribution in [2.75, 3.05) is 6.54 Å². The number of aromatic nitrogens is 1. The molecule has 16 heavy (non-hydrogen) atoms. The Kier molecular flexibility index (Phi) is 5.42. The lowest BCUT2D eigenvalue weighted by Gasteiger charge is -2.10. The first-order valence-electron chi connectivity index (χ1n) is 5.53. The number of amides is 1. The van der Waals surface area contributed by atoms with Crippen molar-refractivity contribution in [1.29, 1.82) is 0 Å². The van der Waals surface area contributed by atoms with Crippen LogP contribution < -0.4 is 10.6 Å². The van der Waals surface area contributed by atoms with Gasteiger partial charge < -0.3 is 10.6 Å². The molecule has 4 nitrogen and oxygen atoms in total. The van der Waals surface area contributed by atoms with Crippen LogP contribution in [0.1, 0.15) is 31.0 Å². The SMILES string of the molecule is CCC(C)NCC(=O)NCc1nc(C)cs1. The molecule has 1 unspecified atom stereocenters. The van der Waals surface area contributed by atoms with Crippen LogP contribution in [0.25, 0.3) is 0 Å². The van der Waals surface area contributed by atoms with Crippen molar-refractivity contribution in [3.63, 3.8) is 0 Å². The molecule has 2 N–H and O–H groups in total. The van der Waals surface area contributed by atoms with Crippen LogP contribution in [0.3, 0.4) is 0 Å². The molecule has 0 aliphatic carbocycles. The normalized spacial score (nSPS) is 12.4. The third-order valence-electron chi connectivity index (χ3n) is 2.33. The minimum absolute atomic E-state index is 0.0214. The first-order valence-corrected chi connectivity index (χ1v) is 6.41. The molecule has 0 saturated heterocycles. The largest absolute Gasteiger partial charge is 0.348 e. The van der Waals surface area contributed by atoms with Crippen LogP contribution in [0.4, 0.5) is 0 Å². The van der Waals surface area contributed by atoms with Crippen molar-refractivity contribution in [1.82, 2.24) is 15.6 Å². The van der Waals surface area contributed by atoms with Crippen molar-refractivity contribution in [3.8, 4) is 0 Å². The van der Waals surface area contributed by atoms with Gasteiger partial charge in [0.1, 0.15) is 5.01 Å². The molecule has 0 aliphatic heterocycles. The van der Waals surface area contributed by atoms with Gasteiger partial charge in [-0.1, -0.05) is 6.92 Å². The minimum atomic E-state index is 0.0214. The molecule has 1 rings (SSSR count). The molecule has 0 aromatic carbocycles. The molecule has 90 valence electrons. The topological polar surface area (TPSA) is 54.0 Å². The predicted molar refractivity (Wildman–Crippen MR) is 66.5 cm³/mol. The summed E-state index contributed by atoms with van der Waals surface area (Å²) in [6, 6.07) is 0.382.